The molecule has 0 spiro atoms. The number of aryl methyl sites for hydroxylation is 1. The van der Waals surface area contributed by atoms with Crippen LogP contribution in [-0.2, 0) is 6.54 Å². The highest BCUT2D eigenvalue weighted by Crippen LogP contribution is 2.20. The Labute approximate surface area is 190 Å². The first-order valence-corrected chi connectivity index (χ1v) is 12.3. The highest BCUT2D eigenvalue weighted by molar-refractivity contribution is 7.09. The van der Waals surface area contributed by atoms with Gasteiger partial charge in [-0.3, -0.25) is 9.89 Å². The summed E-state index contributed by atoms with van der Waals surface area (Å²) < 4.78 is 0. The van der Waals surface area contributed by atoms with Crippen molar-refractivity contribution in [2.24, 2.45) is 10.9 Å². The maximum absolute atomic E-state index is 4.61. The molecule has 0 aromatic carbocycles. The number of piperidine rings is 2. The number of rotatable bonds is 6. The molecule has 2 N–H and O–H groups in total. The normalized spacial score (nSPS) is 19.5. The quantitative estimate of drug-likeness (QED) is 0.531. The van der Waals surface area contributed by atoms with Crippen LogP contribution in [0.4, 0.5) is 5.82 Å². The molecule has 168 valence electrons. The van der Waals surface area contributed by atoms with Gasteiger partial charge in [-0.2, -0.15) is 0 Å². The van der Waals surface area contributed by atoms with Gasteiger partial charge in [-0.1, -0.05) is 6.07 Å². The number of nitrogens with zero attached hydrogens (tertiary/aromatic N) is 5. The topological polar surface area (TPSA) is 68.7 Å². The maximum atomic E-state index is 4.61. The van der Waals surface area contributed by atoms with E-state index in [9.17, 15) is 0 Å². The van der Waals surface area contributed by atoms with Crippen molar-refractivity contribution < 1.29 is 0 Å². The molecule has 0 amide bonds. The largest absolute Gasteiger partial charge is 0.356 e. The van der Waals surface area contributed by atoms with Gasteiger partial charge < -0.3 is 15.5 Å². The number of anilines is 1. The second-order valence-electron chi connectivity index (χ2n) is 8.62. The van der Waals surface area contributed by atoms with Crippen LogP contribution in [0.1, 0.15) is 36.4 Å². The zero-order valence-corrected chi connectivity index (χ0v) is 19.6. The zero-order chi connectivity index (χ0) is 21.5. The van der Waals surface area contributed by atoms with E-state index in [2.05, 4.69) is 59.8 Å². The predicted molar refractivity (Wildman–Crippen MR) is 129 cm³/mol. The molecule has 2 saturated heterocycles. The summed E-state index contributed by atoms with van der Waals surface area (Å²) in [6, 6.07) is 6.59. The summed E-state index contributed by atoms with van der Waals surface area (Å²) in [4.78, 5) is 18.5. The first kappa shape index (κ1) is 22.0. The molecule has 2 aromatic rings. The molecule has 0 unspecified atom stereocenters. The Kier molecular flexibility index (Phi) is 7.75. The van der Waals surface area contributed by atoms with Crippen molar-refractivity contribution in [2.45, 2.75) is 45.2 Å². The fourth-order valence-electron chi connectivity index (χ4n) is 4.48. The number of aromatic nitrogens is 2. The van der Waals surface area contributed by atoms with E-state index < -0.39 is 0 Å². The average molecular weight is 442 g/mol. The first-order chi connectivity index (χ1) is 15.2. The van der Waals surface area contributed by atoms with Crippen LogP contribution in [-0.4, -0.2) is 66.6 Å². The van der Waals surface area contributed by atoms with Gasteiger partial charge in [-0.15, -0.1) is 11.3 Å². The number of likely N-dealkylation sites (tertiary alicyclic amines) is 1. The van der Waals surface area contributed by atoms with Crippen LogP contribution < -0.4 is 15.5 Å². The van der Waals surface area contributed by atoms with E-state index in [0.29, 0.717) is 12.0 Å². The average Bonchev–Trinajstić information content (AvgIpc) is 3.23. The van der Waals surface area contributed by atoms with Gasteiger partial charge in [0.2, 0.25) is 0 Å². The Morgan fingerprint density at radius 3 is 2.61 bits per heavy atom. The molecule has 0 aliphatic carbocycles. The SMILES string of the molecule is CN=C(NCC1CCN(Cc2csc(C)n2)CC1)NC1CCN(c2ccccn2)CC1. The minimum Gasteiger partial charge on any atom is -0.356 e. The van der Waals surface area contributed by atoms with Crippen LogP contribution in [0, 0.1) is 12.8 Å². The minimum atomic E-state index is 0.467. The lowest BCUT2D eigenvalue weighted by atomic mass is 9.97. The van der Waals surface area contributed by atoms with Crippen LogP contribution in [0.25, 0.3) is 0 Å². The van der Waals surface area contributed by atoms with E-state index in [0.717, 1.165) is 68.9 Å². The number of nitrogens with one attached hydrogen (secondary N) is 2. The molecule has 2 aliphatic rings. The molecule has 2 aliphatic heterocycles. The van der Waals surface area contributed by atoms with Crippen molar-refractivity contribution in [1.82, 2.24) is 25.5 Å². The van der Waals surface area contributed by atoms with Crippen molar-refractivity contribution in [3.8, 4) is 0 Å². The molecule has 0 atom stereocenters. The number of pyridine rings is 1. The minimum absolute atomic E-state index is 0.467. The van der Waals surface area contributed by atoms with Gasteiger partial charge in [0.05, 0.1) is 10.7 Å². The lowest BCUT2D eigenvalue weighted by Gasteiger charge is -2.34. The van der Waals surface area contributed by atoms with Crippen LogP contribution in [0.2, 0.25) is 0 Å². The highest BCUT2D eigenvalue weighted by Gasteiger charge is 2.22. The molecule has 4 rings (SSSR count). The van der Waals surface area contributed by atoms with Crippen molar-refractivity contribution in [3.05, 3.63) is 40.5 Å². The molecule has 2 fully saturated rings. The van der Waals surface area contributed by atoms with Crippen molar-refractivity contribution in [2.75, 3.05) is 44.7 Å². The summed E-state index contributed by atoms with van der Waals surface area (Å²) in [5.41, 5.74) is 1.22. The Morgan fingerprint density at radius 2 is 1.97 bits per heavy atom. The predicted octanol–water partition coefficient (Wildman–Crippen LogP) is 2.89. The van der Waals surface area contributed by atoms with Gasteiger partial charge in [-0.25, -0.2) is 9.97 Å². The third-order valence-corrected chi connectivity index (χ3v) is 7.17. The Balaban J connectivity index is 1.14. The summed E-state index contributed by atoms with van der Waals surface area (Å²) in [6.07, 6.45) is 6.54. The van der Waals surface area contributed by atoms with Crippen LogP contribution in [0.3, 0.4) is 0 Å². The van der Waals surface area contributed by atoms with Crippen molar-refractivity contribution >= 4 is 23.1 Å². The molecule has 31 heavy (non-hydrogen) atoms. The number of hydrogen-bond acceptors (Lipinski definition) is 6. The van der Waals surface area contributed by atoms with E-state index >= 15 is 0 Å². The molecule has 7 nitrogen and oxygen atoms in total. The summed E-state index contributed by atoms with van der Waals surface area (Å²) >= 11 is 1.75. The second-order valence-corrected chi connectivity index (χ2v) is 9.69. The van der Waals surface area contributed by atoms with Gasteiger partial charge in [0.15, 0.2) is 5.96 Å². The molecule has 8 heteroatoms. The monoisotopic (exact) mass is 441 g/mol. The van der Waals surface area contributed by atoms with Crippen molar-refractivity contribution in [1.29, 1.82) is 0 Å². The van der Waals surface area contributed by atoms with Crippen LogP contribution in [0.15, 0.2) is 34.8 Å². The first-order valence-electron chi connectivity index (χ1n) is 11.5. The maximum Gasteiger partial charge on any atom is 0.191 e. The van der Waals surface area contributed by atoms with Crippen molar-refractivity contribution in [3.63, 3.8) is 0 Å². The smallest absolute Gasteiger partial charge is 0.191 e. The molecule has 4 heterocycles. The third kappa shape index (κ3) is 6.40. The standard InChI is InChI=1S/C23H35N7S/c1-18-27-21(17-31-18)16-29-11-6-19(7-12-29)15-26-23(24-2)28-20-8-13-30(14-9-20)22-5-3-4-10-25-22/h3-5,10,17,19-20H,6-9,11-16H2,1-2H3,(H2,24,26,28). The fraction of sp³-hybridized carbons (Fsp3) is 0.609. The molecule has 2 aromatic heterocycles. The number of aliphatic imine (C=N–C) groups is 1. The van der Waals surface area contributed by atoms with Gasteiger partial charge in [0.1, 0.15) is 5.82 Å². The Morgan fingerprint density at radius 1 is 1.16 bits per heavy atom. The lowest BCUT2D eigenvalue weighted by Crippen LogP contribution is -2.50. The lowest BCUT2D eigenvalue weighted by molar-refractivity contribution is 0.176. The molecule has 0 radical (unpaired) electrons. The van der Waals surface area contributed by atoms with E-state index in [4.69, 9.17) is 0 Å². The van der Waals surface area contributed by atoms with Gasteiger partial charge >= 0.3 is 0 Å². The molecule has 0 saturated carbocycles. The van der Waals surface area contributed by atoms with Gasteiger partial charge in [-0.05, 0) is 63.7 Å². The molecular weight excluding hydrogens is 406 g/mol. The highest BCUT2D eigenvalue weighted by atomic mass is 32.1. The van der Waals surface area contributed by atoms with Gasteiger partial charge in [0, 0.05) is 50.8 Å². The third-order valence-electron chi connectivity index (χ3n) is 6.35. The van der Waals surface area contributed by atoms with E-state index in [-0.39, 0.29) is 0 Å². The Hall–Kier alpha value is -2.19. The summed E-state index contributed by atoms with van der Waals surface area (Å²) in [5.74, 6) is 2.73. The van der Waals surface area contributed by atoms with Crippen LogP contribution in [0.5, 0.6) is 0 Å². The fourth-order valence-corrected chi connectivity index (χ4v) is 5.09. The number of thiazole rings is 1. The summed E-state index contributed by atoms with van der Waals surface area (Å²) in [5, 5.41) is 10.6. The number of guanidine groups is 1. The van der Waals surface area contributed by atoms with E-state index in [1.165, 1.54) is 18.5 Å². The zero-order valence-electron chi connectivity index (χ0n) is 18.8. The van der Waals surface area contributed by atoms with Gasteiger partial charge in [0.25, 0.3) is 0 Å². The molecular formula is C23H35N7S. The Bertz CT molecular complexity index is 821. The van der Waals surface area contributed by atoms with E-state index in [1.54, 1.807) is 11.3 Å². The number of hydrogen-bond donors (Lipinski definition) is 2. The van der Waals surface area contributed by atoms with E-state index in [1.807, 2.05) is 19.3 Å². The summed E-state index contributed by atoms with van der Waals surface area (Å²) in [7, 11) is 1.87. The summed E-state index contributed by atoms with van der Waals surface area (Å²) in [6.45, 7) is 8.44. The van der Waals surface area contributed by atoms with Crippen LogP contribution >= 0.6 is 11.3 Å². The molecule has 0 bridgehead atoms. The second kappa shape index (κ2) is 10.9.